The molecule has 30 heteroatoms. The second kappa shape index (κ2) is 24.9. The second-order valence-corrected chi connectivity index (χ2v) is 13.1. The number of carbonyl (C=O) groups is 2. The average molecular weight is 835 g/mol. The van der Waals surface area contributed by atoms with Crippen molar-refractivity contribution >= 4 is 53.4 Å². The molecule has 0 saturated carbocycles. The molecule has 0 spiro atoms. The molecular formula is C20H26N2Na4O20S4. The smallest absolute Gasteiger partial charge is 0.726 e. The van der Waals surface area contributed by atoms with Crippen LogP contribution in [0.25, 0.3) is 0 Å². The zero-order chi connectivity index (χ0) is 34.9. The summed E-state index contributed by atoms with van der Waals surface area (Å²) in [6, 6.07) is 8.98. The Labute approximate surface area is 377 Å². The van der Waals surface area contributed by atoms with Gasteiger partial charge in [0.1, 0.15) is 18.3 Å². The van der Waals surface area contributed by atoms with Crippen molar-refractivity contribution in [2.24, 2.45) is 0 Å². The molecule has 0 aliphatic carbocycles. The summed E-state index contributed by atoms with van der Waals surface area (Å²) in [7, 11) is -23.4. The molecule has 2 rings (SSSR count). The van der Waals surface area contributed by atoms with Gasteiger partial charge in [-0.2, -0.15) is 0 Å². The van der Waals surface area contributed by atoms with E-state index in [1.54, 1.807) is 18.2 Å². The van der Waals surface area contributed by atoms with E-state index in [1.165, 1.54) is 11.8 Å². The third kappa shape index (κ3) is 23.5. The summed E-state index contributed by atoms with van der Waals surface area (Å²) in [5.74, 6) is -1.17. The number of nitrogens with zero attached hydrogens (tertiary/aromatic N) is 1. The van der Waals surface area contributed by atoms with Gasteiger partial charge in [0.25, 0.3) is 0 Å². The summed E-state index contributed by atoms with van der Waals surface area (Å²) in [5, 5.41) is 2.31. The first-order chi connectivity index (χ1) is 21.0. The normalized spacial score (nSPS) is 20.9. The topological polar surface area (TPSA) is 334 Å². The summed E-state index contributed by atoms with van der Waals surface area (Å²) in [5.41, 5.74) is 0.885. The van der Waals surface area contributed by atoms with Crippen molar-refractivity contribution in [2.45, 2.75) is 44.1 Å². The van der Waals surface area contributed by atoms with Crippen LogP contribution in [-0.4, -0.2) is 132 Å². The molecule has 0 bridgehead atoms. The van der Waals surface area contributed by atoms with Crippen molar-refractivity contribution in [3.63, 3.8) is 0 Å². The first-order valence-corrected chi connectivity index (χ1v) is 17.7. The Morgan fingerprint density at radius 3 is 1.76 bits per heavy atom. The van der Waals surface area contributed by atoms with Gasteiger partial charge < -0.3 is 37.9 Å². The van der Waals surface area contributed by atoms with Crippen molar-refractivity contribution < 1.29 is 206 Å². The van der Waals surface area contributed by atoms with Gasteiger partial charge in [0.05, 0.1) is 19.8 Å². The fourth-order valence-corrected chi connectivity index (χ4v) is 5.66. The SMILES string of the molecule is CC(=O)N(CCc1ccccc1)CC(=O)NCCO[C@H]1O[C@H](COS(=O)(=O)[O-])[C@@H](OS(=O)(=O)[O-])[C@H](OS(=O)(=O)[O-])[C@@H]1OS(=O)(=O)[O-].[Na+].[Na+].[Na+].[Na+]. The number of rotatable bonds is 18. The van der Waals surface area contributed by atoms with Crippen LogP contribution in [0.1, 0.15) is 12.5 Å². The van der Waals surface area contributed by atoms with E-state index in [-0.39, 0.29) is 125 Å². The van der Waals surface area contributed by atoms with Gasteiger partial charge >= 0.3 is 118 Å². The molecule has 1 N–H and O–H groups in total. The Balaban J connectivity index is -0.00000552. The maximum Gasteiger partial charge on any atom is 1.00 e. The van der Waals surface area contributed by atoms with Gasteiger partial charge in [-0.15, -0.1) is 0 Å². The molecule has 264 valence electrons. The Bertz CT molecular complexity index is 1640. The minimum absolute atomic E-state index is 0. The predicted octanol–water partition coefficient (Wildman–Crippen LogP) is -16.0. The van der Waals surface area contributed by atoms with E-state index >= 15 is 0 Å². The first-order valence-electron chi connectivity index (χ1n) is 12.4. The molecule has 0 unspecified atom stereocenters. The van der Waals surface area contributed by atoms with Crippen LogP contribution >= 0.6 is 0 Å². The van der Waals surface area contributed by atoms with E-state index in [0.717, 1.165) is 5.56 Å². The zero-order valence-electron chi connectivity index (χ0n) is 27.3. The summed E-state index contributed by atoms with van der Waals surface area (Å²) >= 11 is 0. The van der Waals surface area contributed by atoms with Gasteiger partial charge in [-0.3, -0.25) is 26.3 Å². The molecule has 1 heterocycles. The average Bonchev–Trinajstić information content (AvgIpc) is 2.88. The van der Waals surface area contributed by atoms with E-state index in [2.05, 4.69) is 22.0 Å². The number of hydrogen-bond donors (Lipinski definition) is 1. The standard InChI is InChI=1S/C20H30N2O20S4.4Na/c1-13(23)22(9-7-14-5-3-2-4-6-14)11-16(24)21-8-10-37-20-19(42-46(34,35)36)18(41-45(31,32)33)17(40-44(28,29)30)15(39-20)12-38-43(25,26)27;;;;/h2-6,15,17-20H,7-12H2,1H3,(H,21,24)(H,25,26,27)(H,28,29,30)(H,31,32,33)(H,34,35,36);;;;/q;4*+1/p-4/t15-,17-,18+,19+,20+;;;;/m1..../s1. The molecule has 2 amide bonds. The van der Waals surface area contributed by atoms with Crippen molar-refractivity contribution in [3.05, 3.63) is 35.9 Å². The number of carbonyl (C=O) groups excluding carboxylic acids is 2. The summed E-state index contributed by atoms with van der Waals surface area (Å²) in [6.45, 7) is -1.81. The van der Waals surface area contributed by atoms with Gasteiger partial charge in [-0.1, -0.05) is 30.3 Å². The Morgan fingerprint density at radius 2 is 1.28 bits per heavy atom. The van der Waals surface area contributed by atoms with Crippen molar-refractivity contribution in [3.8, 4) is 0 Å². The van der Waals surface area contributed by atoms with Gasteiger partial charge in [0.15, 0.2) is 12.4 Å². The molecule has 0 aromatic heterocycles. The maximum absolute atomic E-state index is 12.4. The van der Waals surface area contributed by atoms with E-state index in [0.29, 0.717) is 6.42 Å². The van der Waals surface area contributed by atoms with Crippen LogP contribution in [0.2, 0.25) is 0 Å². The molecule has 1 fully saturated rings. The fraction of sp³-hybridized carbons (Fsp3) is 0.600. The molecule has 5 atom stereocenters. The van der Waals surface area contributed by atoms with Crippen LogP contribution in [0, 0.1) is 0 Å². The summed E-state index contributed by atoms with van der Waals surface area (Å²) < 4.78 is 161. The Morgan fingerprint density at radius 1 is 0.780 bits per heavy atom. The van der Waals surface area contributed by atoms with Crippen molar-refractivity contribution in [1.82, 2.24) is 10.2 Å². The molecular weight excluding hydrogens is 808 g/mol. The molecule has 1 aromatic rings. The Hall–Kier alpha value is 1.56. The fourth-order valence-electron chi connectivity index (χ4n) is 3.89. The molecule has 22 nitrogen and oxygen atoms in total. The van der Waals surface area contributed by atoms with E-state index < -0.39 is 110 Å². The number of hydrogen-bond acceptors (Lipinski definition) is 20. The molecule has 1 aliphatic heterocycles. The Kier molecular flexibility index (Phi) is 27.9. The van der Waals surface area contributed by atoms with Crippen LogP contribution < -0.4 is 124 Å². The molecule has 1 aliphatic rings. The summed E-state index contributed by atoms with van der Waals surface area (Å²) in [6.07, 6.45) is -12.8. The predicted molar refractivity (Wildman–Crippen MR) is 139 cm³/mol. The third-order valence-corrected chi connectivity index (χ3v) is 7.45. The van der Waals surface area contributed by atoms with Crippen LogP contribution in [0.3, 0.4) is 0 Å². The van der Waals surface area contributed by atoms with Gasteiger partial charge in [0.2, 0.25) is 53.4 Å². The van der Waals surface area contributed by atoms with Crippen molar-refractivity contribution in [1.29, 1.82) is 0 Å². The van der Waals surface area contributed by atoms with Crippen LogP contribution in [0.4, 0.5) is 0 Å². The molecule has 50 heavy (non-hydrogen) atoms. The first kappa shape index (κ1) is 55.9. The van der Waals surface area contributed by atoms with E-state index in [4.69, 9.17) is 9.47 Å². The van der Waals surface area contributed by atoms with Crippen LogP contribution in [-0.2, 0) is 83.8 Å². The maximum atomic E-state index is 12.4. The number of amides is 2. The third-order valence-electron chi connectivity index (χ3n) is 5.65. The minimum atomic E-state index is -5.99. The largest absolute Gasteiger partial charge is 1.00 e. The van der Waals surface area contributed by atoms with Gasteiger partial charge in [-0.25, -0.2) is 33.7 Å². The molecule has 0 radical (unpaired) electrons. The van der Waals surface area contributed by atoms with Crippen molar-refractivity contribution in [2.75, 3.05) is 32.8 Å². The second-order valence-electron chi connectivity index (χ2n) is 9.04. The zero-order valence-corrected chi connectivity index (χ0v) is 38.5. The van der Waals surface area contributed by atoms with E-state index in [9.17, 15) is 61.5 Å². The molecule has 1 aromatic carbocycles. The quantitative estimate of drug-likeness (QED) is 0.0621. The number of benzene rings is 1. The summed E-state index contributed by atoms with van der Waals surface area (Å²) in [4.78, 5) is 25.6. The van der Waals surface area contributed by atoms with E-state index in [1.807, 2.05) is 12.1 Å². The molecule has 1 saturated heterocycles. The van der Waals surface area contributed by atoms with Gasteiger partial charge in [0, 0.05) is 20.0 Å². The van der Waals surface area contributed by atoms with Crippen LogP contribution in [0.15, 0.2) is 30.3 Å². The number of nitrogens with one attached hydrogen (secondary N) is 1. The van der Waals surface area contributed by atoms with Gasteiger partial charge in [-0.05, 0) is 12.0 Å². The number of ether oxygens (including phenoxy) is 2. The minimum Gasteiger partial charge on any atom is -0.726 e. The van der Waals surface area contributed by atoms with Crippen LogP contribution in [0.5, 0.6) is 0 Å². The monoisotopic (exact) mass is 834 g/mol.